The average molecular weight is 340 g/mol. The fraction of sp³-hybridized carbons (Fsp3) is 0.474. The van der Waals surface area contributed by atoms with Gasteiger partial charge in [0, 0.05) is 40.0 Å². The molecule has 4 rings (SSSR count). The van der Waals surface area contributed by atoms with Crippen molar-refractivity contribution < 1.29 is 9.53 Å². The Morgan fingerprint density at radius 2 is 1.96 bits per heavy atom. The third-order valence-corrected chi connectivity index (χ3v) is 5.30. The third kappa shape index (κ3) is 2.80. The van der Waals surface area contributed by atoms with Gasteiger partial charge in [-0.25, -0.2) is 0 Å². The molecule has 2 aliphatic rings. The van der Waals surface area contributed by atoms with Crippen LogP contribution < -0.4 is 9.80 Å². The second-order valence-corrected chi connectivity index (χ2v) is 6.82. The van der Waals surface area contributed by atoms with Crippen LogP contribution in [0.3, 0.4) is 0 Å². The summed E-state index contributed by atoms with van der Waals surface area (Å²) < 4.78 is 7.83. The molecule has 1 aromatic carbocycles. The minimum Gasteiger partial charge on any atom is -0.371 e. The van der Waals surface area contributed by atoms with E-state index in [1.807, 2.05) is 40.9 Å². The van der Waals surface area contributed by atoms with Crippen LogP contribution in [0.5, 0.6) is 0 Å². The topological polar surface area (TPSA) is 50.6 Å². The number of hydrogen-bond acceptors (Lipinski definition) is 4. The summed E-state index contributed by atoms with van der Waals surface area (Å²) in [5, 5.41) is 4.25. The summed E-state index contributed by atoms with van der Waals surface area (Å²) in [4.78, 5) is 17.6. The number of para-hydroxylation sites is 2. The molecule has 0 aliphatic carbocycles. The number of ether oxygens (including phenoxy) is 1. The lowest BCUT2D eigenvalue weighted by Crippen LogP contribution is -2.47. The maximum absolute atomic E-state index is 13.4. The molecule has 1 amide bonds. The Bertz CT molecular complexity index is 772. The van der Waals surface area contributed by atoms with Gasteiger partial charge in [0.05, 0.1) is 23.0 Å². The summed E-state index contributed by atoms with van der Waals surface area (Å²) >= 11 is 0. The van der Waals surface area contributed by atoms with E-state index in [1.165, 1.54) is 0 Å². The van der Waals surface area contributed by atoms with Gasteiger partial charge in [0.25, 0.3) is 0 Å². The van der Waals surface area contributed by atoms with Crippen molar-refractivity contribution in [3.63, 3.8) is 0 Å². The van der Waals surface area contributed by atoms with Crippen molar-refractivity contribution in [1.29, 1.82) is 0 Å². The van der Waals surface area contributed by atoms with Crippen molar-refractivity contribution in [1.82, 2.24) is 9.78 Å². The van der Waals surface area contributed by atoms with Crippen molar-refractivity contribution in [2.75, 3.05) is 36.5 Å². The van der Waals surface area contributed by atoms with Gasteiger partial charge >= 0.3 is 0 Å². The van der Waals surface area contributed by atoms with E-state index < -0.39 is 0 Å². The largest absolute Gasteiger partial charge is 0.371 e. The zero-order chi connectivity index (χ0) is 17.4. The van der Waals surface area contributed by atoms with Crippen LogP contribution in [0.4, 0.5) is 11.4 Å². The number of nitrogens with zero attached hydrogens (tertiary/aromatic N) is 4. The quantitative estimate of drug-likeness (QED) is 0.842. The molecule has 1 saturated heterocycles. The lowest BCUT2D eigenvalue weighted by Gasteiger charge is -2.39. The van der Waals surface area contributed by atoms with Crippen molar-refractivity contribution in [2.45, 2.75) is 18.9 Å². The van der Waals surface area contributed by atoms with Crippen LogP contribution in [-0.4, -0.2) is 42.4 Å². The molecule has 0 N–H and O–H groups in total. The molecule has 132 valence electrons. The molecule has 3 heterocycles. The van der Waals surface area contributed by atoms with Crippen molar-refractivity contribution in [3.8, 4) is 0 Å². The van der Waals surface area contributed by atoms with E-state index in [4.69, 9.17) is 4.74 Å². The van der Waals surface area contributed by atoms with Crippen LogP contribution in [0.25, 0.3) is 0 Å². The van der Waals surface area contributed by atoms with Crippen LogP contribution in [0.2, 0.25) is 0 Å². The van der Waals surface area contributed by atoms with Crippen molar-refractivity contribution in [3.05, 3.63) is 42.2 Å². The molecule has 0 saturated carbocycles. The number of carbonyl (C=O) groups is 1. The number of rotatable bonds is 2. The van der Waals surface area contributed by atoms with Crippen molar-refractivity contribution in [2.24, 2.45) is 13.0 Å². The lowest BCUT2D eigenvalue weighted by molar-refractivity contribution is -0.132. The summed E-state index contributed by atoms with van der Waals surface area (Å²) in [6.07, 6.45) is 3.31. The van der Waals surface area contributed by atoms with Gasteiger partial charge in [-0.05, 0) is 31.0 Å². The Morgan fingerprint density at radius 1 is 1.16 bits per heavy atom. The van der Waals surface area contributed by atoms with Crippen LogP contribution in [0.15, 0.2) is 36.5 Å². The van der Waals surface area contributed by atoms with Gasteiger partial charge < -0.3 is 14.5 Å². The zero-order valence-electron chi connectivity index (χ0n) is 14.8. The molecule has 0 radical (unpaired) electrons. The Kier molecular flexibility index (Phi) is 4.21. The van der Waals surface area contributed by atoms with Gasteiger partial charge in [0.1, 0.15) is 6.10 Å². The Morgan fingerprint density at radius 3 is 2.72 bits per heavy atom. The standard InChI is InChI=1S/C19H24N4O2/c1-21-11-12-23(16-8-4-3-7-15(16)21)19(24)14-6-5-13-25-18(14)17-9-10-20-22(17)2/h3-4,7-10,14,18H,5-6,11-13H2,1-2H3/t14-,18-/m1/s1. The number of fused-ring (bicyclic) bond motifs is 1. The number of aromatic nitrogens is 2. The van der Waals surface area contributed by atoms with E-state index in [1.54, 1.807) is 6.20 Å². The average Bonchev–Trinajstić information content (AvgIpc) is 3.07. The Labute approximate surface area is 148 Å². The summed E-state index contributed by atoms with van der Waals surface area (Å²) in [5.41, 5.74) is 3.08. The SMILES string of the molecule is CN1CCN(C(=O)[C@@H]2CCCO[C@H]2c2ccnn2C)c2ccccc21. The molecule has 0 unspecified atom stereocenters. The van der Waals surface area contributed by atoms with Gasteiger partial charge in [-0.2, -0.15) is 5.10 Å². The van der Waals surface area contributed by atoms with Gasteiger partial charge in [0.2, 0.25) is 5.91 Å². The number of carbonyl (C=O) groups excluding carboxylic acids is 1. The normalized spacial score (nSPS) is 23.4. The second kappa shape index (κ2) is 6.52. The number of amides is 1. The first kappa shape index (κ1) is 16.1. The van der Waals surface area contributed by atoms with Gasteiger partial charge in [-0.3, -0.25) is 9.48 Å². The molecule has 2 aliphatic heterocycles. The highest BCUT2D eigenvalue weighted by Gasteiger charge is 2.38. The number of anilines is 2. The molecule has 1 fully saturated rings. The predicted octanol–water partition coefficient (Wildman–Crippen LogP) is 2.37. The highest BCUT2D eigenvalue weighted by atomic mass is 16.5. The molecule has 25 heavy (non-hydrogen) atoms. The summed E-state index contributed by atoms with van der Waals surface area (Å²) in [6, 6.07) is 10.1. The number of likely N-dealkylation sites (N-methyl/N-ethyl adjacent to an activating group) is 1. The van der Waals surface area contributed by atoms with Gasteiger partial charge in [0.15, 0.2) is 0 Å². The summed E-state index contributed by atoms with van der Waals surface area (Å²) in [6.45, 7) is 2.24. The summed E-state index contributed by atoms with van der Waals surface area (Å²) in [5.74, 6) is -0.00735. The smallest absolute Gasteiger partial charge is 0.233 e. The number of hydrogen-bond donors (Lipinski definition) is 0. The monoisotopic (exact) mass is 340 g/mol. The van der Waals surface area contributed by atoms with E-state index in [-0.39, 0.29) is 17.9 Å². The molecule has 0 bridgehead atoms. The zero-order valence-corrected chi connectivity index (χ0v) is 14.8. The first-order valence-corrected chi connectivity index (χ1v) is 8.88. The van der Waals surface area contributed by atoms with E-state index in [2.05, 4.69) is 23.1 Å². The minimum absolute atomic E-state index is 0.159. The van der Waals surface area contributed by atoms with Crippen LogP contribution >= 0.6 is 0 Å². The van der Waals surface area contributed by atoms with Crippen LogP contribution in [-0.2, 0) is 16.6 Å². The van der Waals surface area contributed by atoms with Gasteiger partial charge in [-0.1, -0.05) is 12.1 Å². The number of aryl methyl sites for hydroxylation is 1. The maximum atomic E-state index is 13.4. The second-order valence-electron chi connectivity index (χ2n) is 6.82. The number of benzene rings is 1. The van der Waals surface area contributed by atoms with E-state index in [9.17, 15) is 4.79 Å². The predicted molar refractivity (Wildman–Crippen MR) is 96.7 cm³/mol. The highest BCUT2D eigenvalue weighted by molar-refractivity contribution is 5.99. The summed E-state index contributed by atoms with van der Waals surface area (Å²) in [7, 11) is 3.98. The fourth-order valence-electron chi connectivity index (χ4n) is 3.92. The van der Waals surface area contributed by atoms with E-state index in [0.29, 0.717) is 13.2 Å². The maximum Gasteiger partial charge on any atom is 0.233 e. The minimum atomic E-state index is -0.222. The molecule has 1 aromatic heterocycles. The molecule has 6 nitrogen and oxygen atoms in total. The molecule has 2 aromatic rings. The lowest BCUT2D eigenvalue weighted by atomic mass is 9.90. The van der Waals surface area contributed by atoms with E-state index in [0.717, 1.165) is 36.5 Å². The van der Waals surface area contributed by atoms with E-state index >= 15 is 0 Å². The molecule has 0 spiro atoms. The first-order valence-electron chi connectivity index (χ1n) is 8.88. The molecule has 2 atom stereocenters. The molecular formula is C19H24N4O2. The Balaban J connectivity index is 1.65. The highest BCUT2D eigenvalue weighted by Crippen LogP contribution is 2.38. The molecule has 6 heteroatoms. The Hall–Kier alpha value is -2.34. The third-order valence-electron chi connectivity index (χ3n) is 5.30. The van der Waals surface area contributed by atoms with Gasteiger partial charge in [-0.15, -0.1) is 0 Å². The first-order chi connectivity index (χ1) is 12.2. The van der Waals surface area contributed by atoms with Crippen LogP contribution in [0.1, 0.15) is 24.6 Å². The fourth-order valence-corrected chi connectivity index (χ4v) is 3.92. The van der Waals surface area contributed by atoms with Crippen molar-refractivity contribution >= 4 is 17.3 Å². The van der Waals surface area contributed by atoms with Crippen LogP contribution in [0, 0.1) is 5.92 Å². The molecular weight excluding hydrogens is 316 g/mol.